The standard InChI is InChI=1S/C28H54O4/c1-3-5-7-9-10-13-17-21-25-32-28(30)24-20-16-12-11-14-18-22-26-31-27(29)23-19-15-8-6-4-2/h3-26H2,1-2H3. The van der Waals surface area contributed by atoms with Gasteiger partial charge in [-0.1, -0.05) is 117 Å². The van der Waals surface area contributed by atoms with Crippen LogP contribution < -0.4 is 0 Å². The Morgan fingerprint density at radius 1 is 0.406 bits per heavy atom. The number of hydrogen-bond donors (Lipinski definition) is 0. The molecule has 0 fully saturated rings. The molecule has 190 valence electrons. The van der Waals surface area contributed by atoms with Gasteiger partial charge in [0.2, 0.25) is 0 Å². The lowest BCUT2D eigenvalue weighted by atomic mass is 10.1. The second-order valence-corrected chi connectivity index (χ2v) is 9.30. The number of unbranched alkanes of at least 4 members (excludes halogenated alkanes) is 17. The lowest BCUT2D eigenvalue weighted by molar-refractivity contribution is -0.144. The summed E-state index contributed by atoms with van der Waals surface area (Å²) >= 11 is 0. The van der Waals surface area contributed by atoms with E-state index in [1.165, 1.54) is 83.5 Å². The van der Waals surface area contributed by atoms with Crippen LogP contribution in [0.5, 0.6) is 0 Å². The highest BCUT2D eigenvalue weighted by Gasteiger charge is 2.04. The van der Waals surface area contributed by atoms with Crippen molar-refractivity contribution in [1.82, 2.24) is 0 Å². The van der Waals surface area contributed by atoms with Crippen LogP contribution in [0.4, 0.5) is 0 Å². The van der Waals surface area contributed by atoms with Crippen LogP contribution >= 0.6 is 0 Å². The van der Waals surface area contributed by atoms with Crippen molar-refractivity contribution >= 4 is 11.9 Å². The first-order chi connectivity index (χ1) is 15.7. The van der Waals surface area contributed by atoms with Gasteiger partial charge in [-0.2, -0.15) is 0 Å². The molecular formula is C28H54O4. The van der Waals surface area contributed by atoms with Gasteiger partial charge in [-0.05, 0) is 25.7 Å². The monoisotopic (exact) mass is 454 g/mol. The topological polar surface area (TPSA) is 52.6 Å². The number of hydrogen-bond acceptors (Lipinski definition) is 4. The molecule has 0 aliphatic rings. The van der Waals surface area contributed by atoms with Crippen molar-refractivity contribution in [1.29, 1.82) is 0 Å². The molecule has 0 saturated heterocycles. The van der Waals surface area contributed by atoms with Crippen LogP contribution in [-0.2, 0) is 19.1 Å². The Labute approximate surface area is 199 Å². The number of carbonyl (C=O) groups excluding carboxylic acids is 2. The highest BCUT2D eigenvalue weighted by Crippen LogP contribution is 2.11. The average molecular weight is 455 g/mol. The summed E-state index contributed by atoms with van der Waals surface area (Å²) in [4.78, 5) is 23.4. The number of rotatable bonds is 25. The van der Waals surface area contributed by atoms with Gasteiger partial charge in [-0.25, -0.2) is 0 Å². The van der Waals surface area contributed by atoms with Crippen LogP contribution in [0.1, 0.15) is 155 Å². The maximum Gasteiger partial charge on any atom is 0.305 e. The fraction of sp³-hybridized carbons (Fsp3) is 0.929. The zero-order valence-corrected chi connectivity index (χ0v) is 21.6. The van der Waals surface area contributed by atoms with Crippen LogP contribution in [0, 0.1) is 0 Å². The van der Waals surface area contributed by atoms with Gasteiger partial charge < -0.3 is 9.47 Å². The summed E-state index contributed by atoms with van der Waals surface area (Å²) in [6, 6.07) is 0. The maximum atomic E-state index is 11.8. The molecule has 0 N–H and O–H groups in total. The SMILES string of the molecule is CCCCCCCCCCOC(=O)CCCCCCCCCOC(=O)CCCCCCC. The Balaban J connectivity index is 3.23. The van der Waals surface area contributed by atoms with Crippen molar-refractivity contribution < 1.29 is 19.1 Å². The summed E-state index contributed by atoms with van der Waals surface area (Å²) in [7, 11) is 0. The molecule has 0 bridgehead atoms. The predicted molar refractivity (Wildman–Crippen MR) is 135 cm³/mol. The van der Waals surface area contributed by atoms with Gasteiger partial charge >= 0.3 is 11.9 Å². The van der Waals surface area contributed by atoms with E-state index in [1.807, 2.05) is 0 Å². The summed E-state index contributed by atoms with van der Waals surface area (Å²) in [5.41, 5.74) is 0. The van der Waals surface area contributed by atoms with Crippen molar-refractivity contribution in [2.24, 2.45) is 0 Å². The van der Waals surface area contributed by atoms with E-state index in [1.54, 1.807) is 0 Å². The molecule has 0 radical (unpaired) electrons. The van der Waals surface area contributed by atoms with Crippen LogP contribution in [0.25, 0.3) is 0 Å². The molecular weight excluding hydrogens is 400 g/mol. The lowest BCUT2D eigenvalue weighted by Crippen LogP contribution is -2.05. The molecule has 0 aliphatic carbocycles. The van der Waals surface area contributed by atoms with E-state index in [0.29, 0.717) is 26.1 Å². The molecule has 32 heavy (non-hydrogen) atoms. The molecule has 0 aromatic rings. The Morgan fingerprint density at radius 2 is 0.688 bits per heavy atom. The van der Waals surface area contributed by atoms with E-state index in [0.717, 1.165) is 44.9 Å². The highest BCUT2D eigenvalue weighted by atomic mass is 16.5. The van der Waals surface area contributed by atoms with E-state index < -0.39 is 0 Å². The minimum absolute atomic E-state index is 0.0277. The predicted octanol–water partition coefficient (Wildman–Crippen LogP) is 8.69. The number of ether oxygens (including phenoxy) is 2. The summed E-state index contributed by atoms with van der Waals surface area (Å²) in [6.07, 6.45) is 24.7. The largest absolute Gasteiger partial charge is 0.466 e. The van der Waals surface area contributed by atoms with Crippen LogP contribution in [0.3, 0.4) is 0 Å². The van der Waals surface area contributed by atoms with Crippen molar-refractivity contribution in [2.45, 2.75) is 155 Å². The molecule has 0 spiro atoms. The van der Waals surface area contributed by atoms with Crippen molar-refractivity contribution in [3.63, 3.8) is 0 Å². The Morgan fingerprint density at radius 3 is 1.03 bits per heavy atom. The summed E-state index contributed by atoms with van der Waals surface area (Å²) < 4.78 is 10.6. The normalized spacial score (nSPS) is 10.9. The minimum Gasteiger partial charge on any atom is -0.466 e. The Hall–Kier alpha value is -1.06. The average Bonchev–Trinajstić information content (AvgIpc) is 2.79. The van der Waals surface area contributed by atoms with Gasteiger partial charge in [-0.15, -0.1) is 0 Å². The van der Waals surface area contributed by atoms with Gasteiger partial charge in [0.25, 0.3) is 0 Å². The highest BCUT2D eigenvalue weighted by molar-refractivity contribution is 5.69. The van der Waals surface area contributed by atoms with E-state index in [4.69, 9.17) is 9.47 Å². The van der Waals surface area contributed by atoms with Gasteiger partial charge in [-0.3, -0.25) is 9.59 Å². The van der Waals surface area contributed by atoms with E-state index >= 15 is 0 Å². The number of esters is 2. The molecule has 0 aliphatic heterocycles. The molecule has 0 aromatic carbocycles. The third-order valence-corrected chi connectivity index (χ3v) is 6.03. The molecule has 4 heteroatoms. The van der Waals surface area contributed by atoms with E-state index in [2.05, 4.69) is 13.8 Å². The van der Waals surface area contributed by atoms with Crippen LogP contribution in [0.15, 0.2) is 0 Å². The molecule has 0 saturated carbocycles. The minimum atomic E-state index is -0.0317. The summed E-state index contributed by atoms with van der Waals surface area (Å²) in [6.45, 7) is 5.61. The molecule has 0 rings (SSSR count). The zero-order valence-electron chi connectivity index (χ0n) is 21.6. The molecule has 0 unspecified atom stereocenters. The van der Waals surface area contributed by atoms with Crippen molar-refractivity contribution in [3.05, 3.63) is 0 Å². The summed E-state index contributed by atoms with van der Waals surface area (Å²) in [5.74, 6) is -0.0593. The molecule has 0 aromatic heterocycles. The smallest absolute Gasteiger partial charge is 0.305 e. The third-order valence-electron chi connectivity index (χ3n) is 6.03. The Bertz CT molecular complexity index is 408. The first kappa shape index (κ1) is 30.9. The molecule has 4 nitrogen and oxygen atoms in total. The Kier molecular flexibility index (Phi) is 25.3. The third kappa shape index (κ3) is 25.2. The van der Waals surface area contributed by atoms with Gasteiger partial charge in [0.05, 0.1) is 13.2 Å². The second kappa shape index (κ2) is 26.2. The van der Waals surface area contributed by atoms with Crippen molar-refractivity contribution in [3.8, 4) is 0 Å². The lowest BCUT2D eigenvalue weighted by Gasteiger charge is -2.06. The van der Waals surface area contributed by atoms with Crippen LogP contribution in [0.2, 0.25) is 0 Å². The first-order valence-corrected chi connectivity index (χ1v) is 14.0. The fourth-order valence-electron chi connectivity index (χ4n) is 3.88. The first-order valence-electron chi connectivity index (χ1n) is 14.0. The number of carbonyl (C=O) groups is 2. The van der Waals surface area contributed by atoms with Gasteiger partial charge in [0, 0.05) is 12.8 Å². The van der Waals surface area contributed by atoms with E-state index in [9.17, 15) is 9.59 Å². The summed E-state index contributed by atoms with van der Waals surface area (Å²) in [5, 5.41) is 0. The van der Waals surface area contributed by atoms with Gasteiger partial charge in [0.15, 0.2) is 0 Å². The second-order valence-electron chi connectivity index (χ2n) is 9.30. The van der Waals surface area contributed by atoms with Crippen molar-refractivity contribution in [2.75, 3.05) is 13.2 Å². The zero-order chi connectivity index (χ0) is 23.5. The quantitative estimate of drug-likeness (QED) is 0.102. The van der Waals surface area contributed by atoms with E-state index in [-0.39, 0.29) is 11.9 Å². The molecule has 0 atom stereocenters. The maximum absolute atomic E-state index is 11.8. The molecule has 0 amide bonds. The van der Waals surface area contributed by atoms with Crippen LogP contribution in [-0.4, -0.2) is 25.2 Å². The van der Waals surface area contributed by atoms with Gasteiger partial charge in [0.1, 0.15) is 0 Å². The molecule has 0 heterocycles. The fourth-order valence-corrected chi connectivity index (χ4v) is 3.88.